The van der Waals surface area contributed by atoms with Gasteiger partial charge in [0.05, 0.1) is 5.60 Å². The van der Waals surface area contributed by atoms with Gasteiger partial charge in [-0.2, -0.15) is 12.6 Å². The van der Waals surface area contributed by atoms with E-state index in [1.807, 2.05) is 6.08 Å². The molecule has 0 aliphatic heterocycles. The highest BCUT2D eigenvalue weighted by atomic mass is 32.1. The molecule has 4 aliphatic carbocycles. The van der Waals surface area contributed by atoms with Crippen molar-refractivity contribution in [2.24, 2.45) is 28.6 Å². The Balaban J connectivity index is 1.66. The van der Waals surface area contributed by atoms with Gasteiger partial charge < -0.3 is 10.2 Å². The number of aliphatic carboxylic acids is 1. The molecule has 4 aliphatic rings. The van der Waals surface area contributed by atoms with E-state index in [4.69, 9.17) is 17.7 Å². The normalized spacial score (nSPS) is 49.0. The van der Waals surface area contributed by atoms with Gasteiger partial charge in [-0.3, -0.25) is 9.59 Å². The molecular weight excluding hydrogens is 360 g/mol. The molecule has 2 N–H and O–H groups in total. The standard InChI is InChI=1S/C22H32O4S/c1-20-7-3-14(23)11-13(20)12-17(27)19-15(20)4-8-21(2)16(19)5-9-22(21,26)10-6-18(24)25/h11,15-17,19,26-27H,3-10,12H2,1-2H3,(H,24,25)/t15-,16-,17+,19+,20-,21-,22+/m0/s1. The van der Waals surface area contributed by atoms with Crippen LogP contribution in [0.3, 0.4) is 0 Å². The number of thiol groups is 1. The summed E-state index contributed by atoms with van der Waals surface area (Å²) < 4.78 is 0. The van der Waals surface area contributed by atoms with Crippen molar-refractivity contribution in [2.75, 3.05) is 0 Å². The summed E-state index contributed by atoms with van der Waals surface area (Å²) in [6.45, 7) is 4.54. The van der Waals surface area contributed by atoms with Gasteiger partial charge in [-0.1, -0.05) is 19.4 Å². The fourth-order valence-corrected chi connectivity index (χ4v) is 7.97. The van der Waals surface area contributed by atoms with E-state index < -0.39 is 11.6 Å². The Bertz CT molecular complexity index is 702. The van der Waals surface area contributed by atoms with Crippen molar-refractivity contribution >= 4 is 24.4 Å². The van der Waals surface area contributed by atoms with Gasteiger partial charge in [0.25, 0.3) is 0 Å². The second kappa shape index (κ2) is 6.35. The minimum atomic E-state index is -0.881. The molecule has 0 radical (unpaired) electrons. The van der Waals surface area contributed by atoms with Crippen LogP contribution < -0.4 is 0 Å². The van der Waals surface area contributed by atoms with Crippen LogP contribution in [-0.4, -0.2) is 32.8 Å². The second-order valence-corrected chi connectivity index (χ2v) is 10.7. The minimum Gasteiger partial charge on any atom is -0.481 e. The molecule has 3 saturated carbocycles. The summed E-state index contributed by atoms with van der Waals surface area (Å²) in [6, 6.07) is 0. The maximum absolute atomic E-state index is 12.0. The van der Waals surface area contributed by atoms with Gasteiger partial charge in [0, 0.05) is 18.1 Å². The zero-order chi connectivity index (χ0) is 19.6. The number of hydrogen-bond donors (Lipinski definition) is 3. The second-order valence-electron chi connectivity index (χ2n) is 10.0. The molecule has 5 heteroatoms. The lowest BCUT2D eigenvalue weighted by Gasteiger charge is -2.60. The highest BCUT2D eigenvalue weighted by molar-refractivity contribution is 7.81. The zero-order valence-electron chi connectivity index (χ0n) is 16.4. The lowest BCUT2D eigenvalue weighted by atomic mass is 9.46. The van der Waals surface area contributed by atoms with Crippen molar-refractivity contribution < 1.29 is 19.8 Å². The lowest BCUT2D eigenvalue weighted by molar-refractivity contribution is -0.146. The number of aliphatic hydroxyl groups is 1. The quantitative estimate of drug-likeness (QED) is 0.634. The maximum atomic E-state index is 12.0. The third-order valence-electron chi connectivity index (χ3n) is 9.06. The van der Waals surface area contributed by atoms with E-state index in [1.165, 1.54) is 5.57 Å². The van der Waals surface area contributed by atoms with Gasteiger partial charge in [-0.25, -0.2) is 0 Å². The van der Waals surface area contributed by atoms with Crippen molar-refractivity contribution in [2.45, 2.75) is 82.5 Å². The molecule has 0 bridgehead atoms. The van der Waals surface area contributed by atoms with Crippen molar-refractivity contribution in [3.05, 3.63) is 11.6 Å². The van der Waals surface area contributed by atoms with Crippen LogP contribution in [0.5, 0.6) is 0 Å². The van der Waals surface area contributed by atoms with Gasteiger partial charge in [0.15, 0.2) is 5.78 Å². The van der Waals surface area contributed by atoms with Gasteiger partial charge >= 0.3 is 5.97 Å². The monoisotopic (exact) mass is 392 g/mol. The molecule has 0 amide bonds. The van der Waals surface area contributed by atoms with E-state index in [0.29, 0.717) is 37.0 Å². The highest BCUT2D eigenvalue weighted by Gasteiger charge is 2.65. The Morgan fingerprint density at radius 1 is 1.22 bits per heavy atom. The molecule has 0 saturated heterocycles. The maximum Gasteiger partial charge on any atom is 0.303 e. The van der Waals surface area contributed by atoms with Crippen LogP contribution in [0.15, 0.2) is 11.6 Å². The number of carboxylic acids is 1. The van der Waals surface area contributed by atoms with Crippen LogP contribution in [0.2, 0.25) is 0 Å². The van der Waals surface area contributed by atoms with Crippen LogP contribution in [0.4, 0.5) is 0 Å². The Morgan fingerprint density at radius 2 is 1.93 bits per heavy atom. The number of fused-ring (bicyclic) bond motifs is 5. The summed E-state index contributed by atoms with van der Waals surface area (Å²) in [5, 5.41) is 20.8. The third-order valence-corrected chi connectivity index (χ3v) is 9.58. The molecule has 0 unspecified atom stereocenters. The molecule has 0 heterocycles. The summed E-state index contributed by atoms with van der Waals surface area (Å²) >= 11 is 5.00. The average molecular weight is 393 g/mol. The van der Waals surface area contributed by atoms with Crippen molar-refractivity contribution in [3.63, 3.8) is 0 Å². The van der Waals surface area contributed by atoms with E-state index in [2.05, 4.69) is 13.8 Å². The van der Waals surface area contributed by atoms with Crippen LogP contribution >= 0.6 is 12.6 Å². The number of hydrogen-bond acceptors (Lipinski definition) is 4. The smallest absolute Gasteiger partial charge is 0.303 e. The molecule has 150 valence electrons. The number of carbonyl (C=O) groups is 2. The van der Waals surface area contributed by atoms with E-state index >= 15 is 0 Å². The van der Waals surface area contributed by atoms with Crippen LogP contribution in [0.25, 0.3) is 0 Å². The highest BCUT2D eigenvalue weighted by Crippen LogP contribution is 2.68. The Labute approximate surface area is 167 Å². The number of ketones is 1. The summed E-state index contributed by atoms with van der Waals surface area (Å²) in [4.78, 5) is 23.1. The predicted molar refractivity (Wildman–Crippen MR) is 107 cm³/mol. The molecule has 3 fully saturated rings. The Hall–Kier alpha value is -0.810. The first-order chi connectivity index (χ1) is 12.6. The molecule has 7 atom stereocenters. The fraction of sp³-hybridized carbons (Fsp3) is 0.818. The van der Waals surface area contributed by atoms with E-state index in [-0.39, 0.29) is 28.3 Å². The minimum absolute atomic E-state index is 0.0317. The van der Waals surface area contributed by atoms with Gasteiger partial charge in [-0.05, 0) is 79.6 Å². The van der Waals surface area contributed by atoms with Crippen molar-refractivity contribution in [1.29, 1.82) is 0 Å². The van der Waals surface area contributed by atoms with Gasteiger partial charge in [0.1, 0.15) is 0 Å². The molecule has 27 heavy (non-hydrogen) atoms. The van der Waals surface area contributed by atoms with E-state index in [1.54, 1.807) is 0 Å². The predicted octanol–water partition coefficient (Wildman–Crippen LogP) is 4.02. The van der Waals surface area contributed by atoms with Crippen molar-refractivity contribution in [1.82, 2.24) is 0 Å². The number of rotatable bonds is 3. The first-order valence-electron chi connectivity index (χ1n) is 10.5. The largest absolute Gasteiger partial charge is 0.481 e. The molecular formula is C22H32O4S. The van der Waals surface area contributed by atoms with Gasteiger partial charge in [-0.15, -0.1) is 0 Å². The summed E-state index contributed by atoms with van der Waals surface area (Å²) in [5.74, 6) is 0.747. The average Bonchev–Trinajstić information content (AvgIpc) is 2.87. The van der Waals surface area contributed by atoms with Crippen LogP contribution in [0, 0.1) is 28.6 Å². The first kappa shape index (κ1) is 19.5. The van der Waals surface area contributed by atoms with Crippen molar-refractivity contribution in [3.8, 4) is 0 Å². The summed E-state index contributed by atoms with van der Waals surface area (Å²) in [7, 11) is 0. The SMILES string of the molecule is C[C@]12CCC(=O)C=C1C[C@@H](S)[C@@H]1[C@@H]2CC[C@@]2(C)[C@H]1CC[C@@]2(O)CCC(=O)O. The molecule has 0 spiro atoms. The number of allylic oxidation sites excluding steroid dienone is 1. The van der Waals surface area contributed by atoms with Gasteiger partial charge in [0.2, 0.25) is 0 Å². The molecule has 0 aromatic heterocycles. The lowest BCUT2D eigenvalue weighted by Crippen LogP contribution is -2.57. The number of carboxylic acid groups (broad SMARTS) is 1. The zero-order valence-corrected chi connectivity index (χ0v) is 17.3. The summed E-state index contributed by atoms with van der Waals surface area (Å²) in [5.41, 5.74) is 0.268. The Morgan fingerprint density at radius 3 is 2.63 bits per heavy atom. The van der Waals surface area contributed by atoms with Crippen LogP contribution in [-0.2, 0) is 9.59 Å². The Kier molecular flexibility index (Phi) is 4.59. The first-order valence-corrected chi connectivity index (χ1v) is 11.0. The van der Waals surface area contributed by atoms with E-state index in [9.17, 15) is 14.7 Å². The summed E-state index contributed by atoms with van der Waals surface area (Å²) in [6.07, 6.45) is 8.35. The molecule has 0 aromatic carbocycles. The third kappa shape index (κ3) is 2.75. The van der Waals surface area contributed by atoms with E-state index in [0.717, 1.165) is 32.1 Å². The molecule has 0 aromatic rings. The molecule has 4 rings (SSSR count). The van der Waals surface area contributed by atoms with Crippen LogP contribution in [0.1, 0.15) is 71.6 Å². The number of carbonyl (C=O) groups excluding carboxylic acids is 1. The fourth-order valence-electron chi connectivity index (χ4n) is 7.36. The topological polar surface area (TPSA) is 74.6 Å². The molecule has 4 nitrogen and oxygen atoms in total.